The molecule has 1 aliphatic heterocycles. The third-order valence-corrected chi connectivity index (χ3v) is 2.16. The molecule has 1 heterocycles. The second-order valence-corrected chi connectivity index (χ2v) is 3.94. The summed E-state index contributed by atoms with van der Waals surface area (Å²) < 4.78 is 0. The molecule has 0 atom stereocenters. The maximum atomic E-state index is 11.3. The number of carbonyl (C=O) groups excluding carboxylic acids is 1. The van der Waals surface area contributed by atoms with Gasteiger partial charge in [-0.15, -0.1) is 0 Å². The molecule has 1 fully saturated rings. The van der Waals surface area contributed by atoms with Crippen LogP contribution in [0, 0.1) is 5.92 Å². The normalized spacial score (nSPS) is 19.1. The first-order valence-electron chi connectivity index (χ1n) is 4.56. The zero-order valence-corrected chi connectivity index (χ0v) is 8.21. The highest BCUT2D eigenvalue weighted by Gasteiger charge is 2.20. The third kappa shape index (κ3) is 3.77. The monoisotopic (exact) mass is 186 g/mol. The van der Waals surface area contributed by atoms with Crippen molar-refractivity contribution in [3.05, 3.63) is 0 Å². The second kappa shape index (κ2) is 5.22. The molecule has 0 bridgehead atoms. The lowest BCUT2D eigenvalue weighted by Crippen LogP contribution is -2.49. The first-order chi connectivity index (χ1) is 5.59. The second-order valence-electron chi connectivity index (χ2n) is 3.94. The smallest absolute Gasteiger partial charge is 0.236 e. The van der Waals surface area contributed by atoms with Gasteiger partial charge in [0.25, 0.3) is 0 Å². The molecule has 0 radical (unpaired) electrons. The van der Waals surface area contributed by atoms with Gasteiger partial charge in [-0.2, -0.15) is 0 Å². The highest BCUT2D eigenvalue weighted by atomic mass is 16.2. The molecule has 0 saturated carbocycles. The Kier molecular flexibility index (Phi) is 4.99. The Morgan fingerprint density at radius 3 is 2.46 bits per heavy atom. The van der Waals surface area contributed by atoms with Crippen LogP contribution < -0.4 is 0 Å². The molecule has 1 saturated heterocycles. The molecule has 0 aromatic rings. The van der Waals surface area contributed by atoms with E-state index in [1.807, 2.05) is 7.05 Å². The van der Waals surface area contributed by atoms with Crippen LogP contribution in [-0.4, -0.2) is 48.9 Å². The Morgan fingerprint density at radius 1 is 1.38 bits per heavy atom. The van der Waals surface area contributed by atoms with E-state index in [1.54, 1.807) is 4.90 Å². The fourth-order valence-electron chi connectivity index (χ4n) is 1.48. The zero-order valence-electron chi connectivity index (χ0n) is 8.21. The van der Waals surface area contributed by atoms with Gasteiger partial charge in [0, 0.05) is 26.7 Å². The minimum absolute atomic E-state index is 0. The van der Waals surface area contributed by atoms with Crippen LogP contribution >= 0.6 is 0 Å². The maximum Gasteiger partial charge on any atom is 0.236 e. The lowest BCUT2D eigenvalue weighted by molar-refractivity contribution is -0.134. The molecule has 1 rings (SSSR count). The van der Waals surface area contributed by atoms with Crippen LogP contribution in [0.1, 0.15) is 21.3 Å². The van der Waals surface area contributed by atoms with Crippen molar-refractivity contribution in [1.29, 1.82) is 0 Å². The van der Waals surface area contributed by atoms with Crippen LogP contribution in [0.15, 0.2) is 0 Å². The molecular weight excluding hydrogens is 164 g/mol. The van der Waals surface area contributed by atoms with Crippen molar-refractivity contribution in [2.45, 2.75) is 21.3 Å². The summed E-state index contributed by atoms with van der Waals surface area (Å²) in [5.41, 5.74) is 0. The van der Waals surface area contributed by atoms with Crippen molar-refractivity contribution in [3.63, 3.8) is 0 Å². The van der Waals surface area contributed by atoms with Gasteiger partial charge in [0.2, 0.25) is 5.91 Å². The van der Waals surface area contributed by atoms with Gasteiger partial charge in [-0.05, 0) is 5.92 Å². The molecule has 3 heteroatoms. The van der Waals surface area contributed by atoms with Crippen molar-refractivity contribution in [3.8, 4) is 0 Å². The van der Waals surface area contributed by atoms with Crippen molar-refractivity contribution in [1.82, 2.24) is 9.80 Å². The molecule has 78 valence electrons. The van der Waals surface area contributed by atoms with Crippen LogP contribution in [-0.2, 0) is 4.79 Å². The minimum Gasteiger partial charge on any atom is -0.343 e. The Balaban J connectivity index is 0.00000144. The van der Waals surface area contributed by atoms with Gasteiger partial charge in [0.15, 0.2) is 0 Å². The van der Waals surface area contributed by atoms with Crippen molar-refractivity contribution in [2.75, 3.05) is 33.2 Å². The van der Waals surface area contributed by atoms with Gasteiger partial charge in [0.05, 0.1) is 6.54 Å². The average Bonchev–Trinajstić information content (AvgIpc) is 1.96. The summed E-state index contributed by atoms with van der Waals surface area (Å²) in [6.07, 6.45) is 0. The van der Waals surface area contributed by atoms with Crippen molar-refractivity contribution >= 4 is 5.91 Å². The molecule has 13 heavy (non-hydrogen) atoms. The number of carbonyl (C=O) groups is 1. The molecule has 0 N–H and O–H groups in total. The average molecular weight is 186 g/mol. The molecule has 0 aromatic carbocycles. The number of amides is 1. The Bertz CT molecular complexity index is 168. The quantitative estimate of drug-likeness (QED) is 0.643. The molecule has 3 nitrogen and oxygen atoms in total. The number of hydrogen-bond donors (Lipinski definition) is 0. The predicted octanol–water partition coefficient (Wildman–Crippen LogP) is 1.05. The fourth-order valence-corrected chi connectivity index (χ4v) is 1.48. The number of likely N-dealkylation sites (N-methyl/N-ethyl adjacent to an activating group) is 1. The molecule has 1 aliphatic rings. The van der Waals surface area contributed by atoms with E-state index < -0.39 is 0 Å². The lowest BCUT2D eigenvalue weighted by atomic mass is 10.2. The molecule has 0 spiro atoms. The van der Waals surface area contributed by atoms with Crippen molar-refractivity contribution in [2.24, 2.45) is 5.92 Å². The predicted molar refractivity (Wildman–Crippen MR) is 55.6 cm³/mol. The number of hydrogen-bond acceptors (Lipinski definition) is 2. The summed E-state index contributed by atoms with van der Waals surface area (Å²) >= 11 is 0. The molecular formula is C10H22N2O. The molecule has 0 unspecified atom stereocenters. The van der Waals surface area contributed by atoms with Crippen LogP contribution in [0.4, 0.5) is 0 Å². The van der Waals surface area contributed by atoms with E-state index in [1.165, 1.54) is 0 Å². The first kappa shape index (κ1) is 12.4. The first-order valence-corrected chi connectivity index (χ1v) is 4.56. The van der Waals surface area contributed by atoms with E-state index >= 15 is 0 Å². The highest BCUT2D eigenvalue weighted by molar-refractivity contribution is 5.78. The number of piperazine rings is 1. The van der Waals surface area contributed by atoms with E-state index in [4.69, 9.17) is 0 Å². The third-order valence-electron chi connectivity index (χ3n) is 2.16. The molecule has 0 aliphatic carbocycles. The van der Waals surface area contributed by atoms with Crippen LogP contribution in [0.25, 0.3) is 0 Å². The summed E-state index contributed by atoms with van der Waals surface area (Å²) in [6, 6.07) is 0. The van der Waals surface area contributed by atoms with Gasteiger partial charge in [-0.1, -0.05) is 21.3 Å². The lowest BCUT2D eigenvalue weighted by Gasteiger charge is -2.32. The SMILES string of the molecule is C.CC(C)CN1CCN(C)C(=O)C1. The van der Waals surface area contributed by atoms with Crippen molar-refractivity contribution < 1.29 is 4.79 Å². The molecule has 1 amide bonds. The zero-order chi connectivity index (χ0) is 9.14. The van der Waals surface area contributed by atoms with Crippen LogP contribution in [0.2, 0.25) is 0 Å². The largest absolute Gasteiger partial charge is 0.343 e. The van der Waals surface area contributed by atoms with Gasteiger partial charge < -0.3 is 4.90 Å². The number of nitrogens with zero attached hydrogens (tertiary/aromatic N) is 2. The Morgan fingerprint density at radius 2 is 2.00 bits per heavy atom. The van der Waals surface area contributed by atoms with E-state index in [0.29, 0.717) is 12.5 Å². The summed E-state index contributed by atoms with van der Waals surface area (Å²) in [5, 5.41) is 0. The number of rotatable bonds is 2. The maximum absolute atomic E-state index is 11.3. The topological polar surface area (TPSA) is 23.6 Å². The minimum atomic E-state index is 0. The van der Waals surface area contributed by atoms with E-state index in [0.717, 1.165) is 19.6 Å². The van der Waals surface area contributed by atoms with E-state index in [2.05, 4.69) is 18.7 Å². The summed E-state index contributed by atoms with van der Waals surface area (Å²) in [7, 11) is 1.87. The van der Waals surface area contributed by atoms with E-state index in [-0.39, 0.29) is 13.3 Å². The van der Waals surface area contributed by atoms with Gasteiger partial charge in [-0.3, -0.25) is 9.69 Å². The van der Waals surface area contributed by atoms with Gasteiger partial charge in [0.1, 0.15) is 0 Å². The highest BCUT2D eigenvalue weighted by Crippen LogP contribution is 2.04. The van der Waals surface area contributed by atoms with Crippen LogP contribution in [0.3, 0.4) is 0 Å². The van der Waals surface area contributed by atoms with E-state index in [9.17, 15) is 4.79 Å². The summed E-state index contributed by atoms with van der Waals surface area (Å²) in [5.74, 6) is 0.906. The summed E-state index contributed by atoms with van der Waals surface area (Å²) in [6.45, 7) is 7.92. The Labute approximate surface area is 81.7 Å². The van der Waals surface area contributed by atoms with Gasteiger partial charge >= 0.3 is 0 Å². The van der Waals surface area contributed by atoms with Gasteiger partial charge in [-0.25, -0.2) is 0 Å². The fraction of sp³-hybridized carbons (Fsp3) is 0.900. The Hall–Kier alpha value is -0.570. The summed E-state index contributed by atoms with van der Waals surface area (Å²) in [4.78, 5) is 15.3. The standard InChI is InChI=1S/C9H18N2O.CH4/c1-8(2)6-11-5-4-10(3)9(12)7-11;/h8H,4-7H2,1-3H3;1H4. The molecule has 0 aromatic heterocycles. The van der Waals surface area contributed by atoms with Crippen LogP contribution in [0.5, 0.6) is 0 Å².